The van der Waals surface area contributed by atoms with E-state index in [4.69, 9.17) is 5.11 Å². The Bertz CT molecular complexity index is 984. The maximum atomic E-state index is 12.4. The molecule has 1 aromatic heterocycles. The van der Waals surface area contributed by atoms with Gasteiger partial charge in [-0.25, -0.2) is 4.79 Å². The van der Waals surface area contributed by atoms with E-state index in [0.29, 0.717) is 4.91 Å². The summed E-state index contributed by atoms with van der Waals surface area (Å²) in [6, 6.07) is 7.18. The molecule has 28 heavy (non-hydrogen) atoms. The van der Waals surface area contributed by atoms with Crippen LogP contribution in [-0.2, 0) is 9.59 Å². The molecule has 3 rings (SSSR count). The van der Waals surface area contributed by atoms with Gasteiger partial charge in [-0.3, -0.25) is 19.3 Å². The molecule has 144 valence electrons. The Hall–Kier alpha value is -3.11. The topological polar surface area (TPSA) is 124 Å². The summed E-state index contributed by atoms with van der Waals surface area (Å²) in [5.74, 6) is -2.58. The number of carboxylic acids is 1. The number of amides is 3. The standard InChI is InChI=1S/C18H14N2O6S2/c21-10-3-4-13(12(8-10)17(24)25)19-15(22)5-6-20-16(23)14(28-18(20)26)9-11-2-1-7-27-11/h1-4,7-9,21H,5-6H2,(H,19,22)(H,24,25)/b14-9-. The van der Waals surface area contributed by atoms with Crippen LogP contribution in [0.25, 0.3) is 6.08 Å². The molecule has 10 heteroatoms. The lowest BCUT2D eigenvalue weighted by atomic mass is 10.1. The van der Waals surface area contributed by atoms with Gasteiger partial charge in [-0.05, 0) is 47.5 Å². The van der Waals surface area contributed by atoms with Gasteiger partial charge < -0.3 is 15.5 Å². The maximum absolute atomic E-state index is 12.4. The van der Waals surface area contributed by atoms with E-state index >= 15 is 0 Å². The number of carbonyl (C=O) groups excluding carboxylic acids is 3. The first-order valence-corrected chi connectivity index (χ1v) is 9.70. The number of carbonyl (C=O) groups is 4. The Kier molecular flexibility index (Phi) is 5.81. The number of imide groups is 1. The summed E-state index contributed by atoms with van der Waals surface area (Å²) in [4.78, 5) is 49.9. The summed E-state index contributed by atoms with van der Waals surface area (Å²) >= 11 is 2.25. The van der Waals surface area contributed by atoms with Gasteiger partial charge in [0.15, 0.2) is 0 Å². The third-order valence-electron chi connectivity index (χ3n) is 3.76. The summed E-state index contributed by atoms with van der Waals surface area (Å²) in [6.07, 6.45) is 1.44. The van der Waals surface area contributed by atoms with Gasteiger partial charge in [0.1, 0.15) is 5.75 Å². The van der Waals surface area contributed by atoms with Crippen LogP contribution < -0.4 is 5.32 Å². The van der Waals surface area contributed by atoms with Gasteiger partial charge in [-0.15, -0.1) is 11.3 Å². The smallest absolute Gasteiger partial charge is 0.337 e. The zero-order valence-electron chi connectivity index (χ0n) is 14.2. The van der Waals surface area contributed by atoms with Gasteiger partial charge in [-0.1, -0.05) is 6.07 Å². The Morgan fingerprint density at radius 1 is 1.21 bits per heavy atom. The van der Waals surface area contributed by atoms with Crippen molar-refractivity contribution in [1.29, 1.82) is 0 Å². The van der Waals surface area contributed by atoms with Crippen LogP contribution in [0.4, 0.5) is 10.5 Å². The van der Waals surface area contributed by atoms with E-state index in [1.807, 2.05) is 17.5 Å². The number of thioether (sulfide) groups is 1. The highest BCUT2D eigenvalue weighted by molar-refractivity contribution is 8.18. The normalized spacial score (nSPS) is 15.3. The van der Waals surface area contributed by atoms with Crippen LogP contribution in [-0.4, -0.2) is 44.7 Å². The maximum Gasteiger partial charge on any atom is 0.337 e. The molecule has 0 spiro atoms. The van der Waals surface area contributed by atoms with Crippen molar-refractivity contribution in [2.24, 2.45) is 0 Å². The number of phenolic OH excluding ortho intramolecular Hbond substituents is 1. The van der Waals surface area contributed by atoms with Gasteiger partial charge in [-0.2, -0.15) is 0 Å². The molecule has 1 aliphatic heterocycles. The zero-order chi connectivity index (χ0) is 20.3. The molecule has 3 N–H and O–H groups in total. The van der Waals surface area contributed by atoms with Crippen LogP contribution in [0.15, 0.2) is 40.6 Å². The highest BCUT2D eigenvalue weighted by atomic mass is 32.2. The van der Waals surface area contributed by atoms with Crippen molar-refractivity contribution in [1.82, 2.24) is 4.90 Å². The van der Waals surface area contributed by atoms with Crippen molar-refractivity contribution >= 4 is 57.9 Å². The van der Waals surface area contributed by atoms with Crippen molar-refractivity contribution in [2.75, 3.05) is 11.9 Å². The van der Waals surface area contributed by atoms with E-state index in [-0.39, 0.29) is 30.0 Å². The first-order valence-electron chi connectivity index (χ1n) is 8.00. The second kappa shape index (κ2) is 8.28. The molecule has 2 heterocycles. The summed E-state index contributed by atoms with van der Waals surface area (Å²) < 4.78 is 0. The van der Waals surface area contributed by atoms with Crippen LogP contribution in [0, 0.1) is 0 Å². The number of hydrogen-bond acceptors (Lipinski definition) is 7. The van der Waals surface area contributed by atoms with Crippen LogP contribution >= 0.6 is 23.1 Å². The fourth-order valence-electron chi connectivity index (χ4n) is 2.44. The summed E-state index contributed by atoms with van der Waals surface area (Å²) in [7, 11) is 0. The Morgan fingerprint density at radius 2 is 2.00 bits per heavy atom. The predicted octanol–water partition coefficient (Wildman–Crippen LogP) is 3.22. The molecule has 1 aromatic carbocycles. The second-order valence-corrected chi connectivity index (χ2v) is 7.65. The average molecular weight is 418 g/mol. The largest absolute Gasteiger partial charge is 0.508 e. The molecule has 3 amide bonds. The average Bonchev–Trinajstić information content (AvgIpc) is 3.24. The monoisotopic (exact) mass is 418 g/mol. The fraction of sp³-hybridized carbons (Fsp3) is 0.111. The SMILES string of the molecule is O=C(CCN1C(=O)S/C(=C\c2cccs2)C1=O)Nc1ccc(O)cc1C(=O)O. The van der Waals surface area contributed by atoms with Crippen molar-refractivity contribution in [3.63, 3.8) is 0 Å². The number of rotatable bonds is 6. The lowest BCUT2D eigenvalue weighted by Gasteiger charge is -2.13. The Balaban J connectivity index is 1.63. The summed E-state index contributed by atoms with van der Waals surface area (Å²) in [5.41, 5.74) is -0.250. The van der Waals surface area contributed by atoms with E-state index in [0.717, 1.165) is 27.6 Å². The van der Waals surface area contributed by atoms with E-state index in [1.54, 1.807) is 6.08 Å². The van der Waals surface area contributed by atoms with Crippen molar-refractivity contribution in [3.05, 3.63) is 51.1 Å². The minimum absolute atomic E-state index is 0.0158. The number of anilines is 1. The van der Waals surface area contributed by atoms with E-state index in [2.05, 4.69) is 5.32 Å². The first-order chi connectivity index (χ1) is 13.3. The molecule has 2 aromatic rings. The lowest BCUT2D eigenvalue weighted by Crippen LogP contribution is -2.31. The molecule has 1 saturated heterocycles. The van der Waals surface area contributed by atoms with Gasteiger partial charge in [0, 0.05) is 17.8 Å². The molecule has 0 atom stereocenters. The Morgan fingerprint density at radius 3 is 2.68 bits per heavy atom. The van der Waals surface area contributed by atoms with Crippen LogP contribution in [0.1, 0.15) is 21.7 Å². The van der Waals surface area contributed by atoms with Crippen molar-refractivity contribution in [2.45, 2.75) is 6.42 Å². The van der Waals surface area contributed by atoms with E-state index in [9.17, 15) is 24.3 Å². The third-order valence-corrected chi connectivity index (χ3v) is 5.49. The molecule has 0 radical (unpaired) electrons. The third kappa shape index (κ3) is 4.41. The van der Waals surface area contributed by atoms with Crippen LogP contribution in [0.3, 0.4) is 0 Å². The molecule has 1 aliphatic rings. The highest BCUT2D eigenvalue weighted by Gasteiger charge is 2.35. The number of phenols is 1. The van der Waals surface area contributed by atoms with Crippen LogP contribution in [0.2, 0.25) is 0 Å². The number of thiophene rings is 1. The molecule has 0 aliphatic carbocycles. The van der Waals surface area contributed by atoms with Crippen molar-refractivity contribution < 1.29 is 29.4 Å². The number of nitrogens with zero attached hydrogens (tertiary/aromatic N) is 1. The summed E-state index contributed by atoms with van der Waals surface area (Å²) in [5, 5.41) is 22.3. The van der Waals surface area contributed by atoms with Gasteiger partial charge >= 0.3 is 5.97 Å². The number of aromatic hydroxyl groups is 1. The number of benzene rings is 1. The molecular formula is C18H14N2O6S2. The van der Waals surface area contributed by atoms with Gasteiger partial charge in [0.05, 0.1) is 16.2 Å². The molecule has 1 fully saturated rings. The quantitative estimate of drug-likeness (QED) is 0.486. The van der Waals surface area contributed by atoms with Gasteiger partial charge in [0.25, 0.3) is 11.1 Å². The number of hydrogen-bond donors (Lipinski definition) is 3. The Labute approximate surface area is 167 Å². The van der Waals surface area contributed by atoms with Gasteiger partial charge in [0.2, 0.25) is 5.91 Å². The van der Waals surface area contributed by atoms with E-state index in [1.165, 1.54) is 23.5 Å². The second-order valence-electron chi connectivity index (χ2n) is 5.68. The molecule has 8 nitrogen and oxygen atoms in total. The molecule has 0 unspecified atom stereocenters. The highest BCUT2D eigenvalue weighted by Crippen LogP contribution is 2.33. The van der Waals surface area contributed by atoms with Crippen LogP contribution in [0.5, 0.6) is 5.75 Å². The summed E-state index contributed by atoms with van der Waals surface area (Å²) in [6.45, 7) is -0.126. The molecule has 0 saturated carbocycles. The predicted molar refractivity (Wildman–Crippen MR) is 105 cm³/mol. The fourth-order valence-corrected chi connectivity index (χ4v) is 4.03. The minimum Gasteiger partial charge on any atom is -0.508 e. The van der Waals surface area contributed by atoms with Crippen molar-refractivity contribution in [3.8, 4) is 5.75 Å². The zero-order valence-corrected chi connectivity index (χ0v) is 15.9. The number of aromatic carboxylic acids is 1. The lowest BCUT2D eigenvalue weighted by molar-refractivity contribution is -0.123. The minimum atomic E-state index is -1.31. The van der Waals surface area contributed by atoms with E-state index < -0.39 is 23.0 Å². The molecular weight excluding hydrogens is 404 g/mol. The first kappa shape index (κ1) is 19.6. The number of nitrogens with one attached hydrogen (secondary N) is 1. The number of carboxylic acid groups (broad SMARTS) is 1. The molecule has 0 bridgehead atoms.